The van der Waals surface area contributed by atoms with Gasteiger partial charge in [-0.15, -0.1) is 0 Å². The van der Waals surface area contributed by atoms with Crippen molar-refractivity contribution >= 4 is 18.6 Å². The van der Waals surface area contributed by atoms with E-state index >= 15 is 0 Å². The van der Waals surface area contributed by atoms with Crippen molar-refractivity contribution in [1.29, 1.82) is 0 Å². The second-order valence-electron chi connectivity index (χ2n) is 5.93. The zero-order chi connectivity index (χ0) is 17.7. The van der Waals surface area contributed by atoms with Gasteiger partial charge in [0.15, 0.2) is 0 Å². The van der Waals surface area contributed by atoms with Crippen LogP contribution in [0.15, 0.2) is 85.2 Å². The number of pyridine rings is 1. The molecule has 0 aliphatic heterocycles. The summed E-state index contributed by atoms with van der Waals surface area (Å²) in [6.07, 6.45) is 3.82. The lowest BCUT2D eigenvalue weighted by Gasteiger charge is -2.37. The number of benzene rings is 2. The Morgan fingerprint density at radius 2 is 1.32 bits per heavy atom. The lowest BCUT2D eigenvalue weighted by Crippen LogP contribution is -2.35. The van der Waals surface area contributed by atoms with E-state index in [1.807, 2.05) is 72.8 Å². The van der Waals surface area contributed by atoms with Gasteiger partial charge in [0.2, 0.25) is 0 Å². The van der Waals surface area contributed by atoms with Crippen molar-refractivity contribution in [2.45, 2.75) is 17.1 Å². The minimum atomic E-state index is -0.923. The summed E-state index contributed by atoms with van der Waals surface area (Å²) in [7, 11) is 0. The maximum absolute atomic E-state index is 11.6. The molecule has 2 aromatic carbocycles. The van der Waals surface area contributed by atoms with Crippen molar-refractivity contribution in [2.24, 2.45) is 0 Å². The Bertz CT molecular complexity index is 726. The third-order valence-electron chi connectivity index (χ3n) is 4.49. The van der Waals surface area contributed by atoms with Crippen LogP contribution in [0.3, 0.4) is 0 Å². The van der Waals surface area contributed by atoms with Gasteiger partial charge in [0.25, 0.3) is 0 Å². The Balaban J connectivity index is 2.29. The van der Waals surface area contributed by atoms with Crippen LogP contribution in [0.4, 0.5) is 0 Å². The smallest absolute Gasteiger partial charge is 0.316 e. The van der Waals surface area contributed by atoms with E-state index in [2.05, 4.69) is 17.6 Å². The molecular formula is C21H19NO2S. The van der Waals surface area contributed by atoms with Gasteiger partial charge in [-0.3, -0.25) is 9.78 Å². The molecule has 3 rings (SSSR count). The van der Waals surface area contributed by atoms with Crippen LogP contribution in [-0.2, 0) is 10.2 Å². The molecule has 25 heavy (non-hydrogen) atoms. The van der Waals surface area contributed by atoms with Crippen molar-refractivity contribution in [3.63, 3.8) is 0 Å². The molecule has 0 aliphatic carbocycles. The first-order chi connectivity index (χ1) is 12.1. The van der Waals surface area contributed by atoms with Crippen molar-refractivity contribution in [3.8, 4) is 0 Å². The quantitative estimate of drug-likeness (QED) is 0.656. The maximum atomic E-state index is 11.6. The summed E-state index contributed by atoms with van der Waals surface area (Å²) in [4.78, 5) is 15.7. The molecule has 0 radical (unpaired) electrons. The topological polar surface area (TPSA) is 50.2 Å². The largest absolute Gasteiger partial charge is 0.480 e. The van der Waals surface area contributed by atoms with Crippen molar-refractivity contribution < 1.29 is 9.90 Å². The molecule has 126 valence electrons. The average Bonchev–Trinajstić information content (AvgIpc) is 2.68. The Morgan fingerprint density at radius 1 is 0.880 bits per heavy atom. The van der Waals surface area contributed by atoms with Crippen LogP contribution in [0.5, 0.6) is 0 Å². The molecule has 3 aromatic rings. The molecular weight excluding hydrogens is 330 g/mol. The molecule has 0 saturated heterocycles. The van der Waals surface area contributed by atoms with E-state index in [4.69, 9.17) is 0 Å². The predicted octanol–water partition coefficient (Wildman–Crippen LogP) is 4.19. The van der Waals surface area contributed by atoms with Gasteiger partial charge in [0.05, 0.1) is 0 Å². The molecule has 1 aromatic heterocycles. The van der Waals surface area contributed by atoms with E-state index in [1.54, 1.807) is 12.4 Å². The van der Waals surface area contributed by atoms with E-state index < -0.39 is 16.6 Å². The molecule has 0 aliphatic rings. The fraction of sp³-hybridized carbons (Fsp3) is 0.143. The number of rotatable bonds is 6. The number of hydrogen-bond acceptors (Lipinski definition) is 3. The molecule has 0 bridgehead atoms. The summed E-state index contributed by atoms with van der Waals surface area (Å²) in [5.41, 5.74) is 2.46. The van der Waals surface area contributed by atoms with Crippen LogP contribution in [-0.4, -0.2) is 21.3 Å². The second kappa shape index (κ2) is 7.53. The Kier molecular flexibility index (Phi) is 5.19. The first kappa shape index (κ1) is 17.2. The summed E-state index contributed by atoms with van der Waals surface area (Å²) >= 11 is 4.35. The van der Waals surface area contributed by atoms with Gasteiger partial charge in [0.1, 0.15) is 5.25 Å². The average molecular weight is 349 g/mol. The van der Waals surface area contributed by atoms with Gasteiger partial charge in [0, 0.05) is 17.8 Å². The highest BCUT2D eigenvalue weighted by Crippen LogP contribution is 2.43. The van der Waals surface area contributed by atoms with E-state index in [9.17, 15) is 9.90 Å². The molecule has 1 heterocycles. The van der Waals surface area contributed by atoms with Gasteiger partial charge < -0.3 is 5.11 Å². The summed E-state index contributed by atoms with van der Waals surface area (Å²) in [6, 6.07) is 23.9. The Labute approximate surface area is 152 Å². The number of aliphatic carboxylic acids is 1. The highest BCUT2D eigenvalue weighted by Gasteiger charge is 2.39. The number of aromatic nitrogens is 1. The molecule has 0 spiro atoms. The number of nitrogens with zero attached hydrogens (tertiary/aromatic N) is 1. The van der Waals surface area contributed by atoms with Gasteiger partial charge in [-0.05, 0) is 35.2 Å². The lowest BCUT2D eigenvalue weighted by molar-refractivity contribution is -0.136. The summed E-state index contributed by atoms with van der Waals surface area (Å²) < 4.78 is 0. The molecule has 0 amide bonds. The second-order valence-corrected chi connectivity index (χ2v) is 6.55. The first-order valence-electron chi connectivity index (χ1n) is 8.07. The monoisotopic (exact) mass is 349 g/mol. The summed E-state index contributed by atoms with van der Waals surface area (Å²) in [5, 5.41) is 8.70. The Hall–Kier alpha value is -2.59. The van der Waals surface area contributed by atoms with E-state index in [0.29, 0.717) is 6.42 Å². The molecule has 1 unspecified atom stereocenters. The Morgan fingerprint density at radius 3 is 1.76 bits per heavy atom. The SMILES string of the molecule is O=C(O)C(S)CC(c1ccccc1)(c1ccccc1)c1ccncc1. The fourth-order valence-corrected chi connectivity index (χ4v) is 3.59. The number of carboxylic acids is 1. The molecule has 0 saturated carbocycles. The number of thiol groups is 1. The summed E-state index contributed by atoms with van der Waals surface area (Å²) in [5.74, 6) is -0.923. The van der Waals surface area contributed by atoms with Crippen LogP contribution < -0.4 is 0 Å². The summed E-state index contributed by atoms with van der Waals surface area (Å²) in [6.45, 7) is 0. The minimum absolute atomic E-state index is 0.337. The molecule has 1 atom stereocenters. The normalized spacial score (nSPS) is 12.5. The third kappa shape index (κ3) is 3.44. The molecule has 1 N–H and O–H groups in total. The van der Waals surface area contributed by atoms with Crippen LogP contribution >= 0.6 is 12.6 Å². The predicted molar refractivity (Wildman–Crippen MR) is 102 cm³/mol. The van der Waals surface area contributed by atoms with Crippen LogP contribution in [0.1, 0.15) is 23.1 Å². The molecule has 3 nitrogen and oxygen atoms in total. The number of carbonyl (C=O) groups is 1. The zero-order valence-corrected chi connectivity index (χ0v) is 14.5. The van der Waals surface area contributed by atoms with E-state index in [1.165, 1.54) is 0 Å². The highest BCUT2D eigenvalue weighted by atomic mass is 32.1. The fourth-order valence-electron chi connectivity index (χ4n) is 3.31. The third-order valence-corrected chi connectivity index (χ3v) is 4.89. The number of carboxylic acid groups (broad SMARTS) is 1. The van der Waals surface area contributed by atoms with Crippen LogP contribution in [0.25, 0.3) is 0 Å². The molecule has 0 fully saturated rings. The van der Waals surface area contributed by atoms with Gasteiger partial charge >= 0.3 is 5.97 Å². The van der Waals surface area contributed by atoms with Gasteiger partial charge in [-0.2, -0.15) is 12.6 Å². The van der Waals surface area contributed by atoms with Gasteiger partial charge in [-0.25, -0.2) is 0 Å². The van der Waals surface area contributed by atoms with Crippen molar-refractivity contribution in [2.75, 3.05) is 0 Å². The van der Waals surface area contributed by atoms with Crippen LogP contribution in [0.2, 0.25) is 0 Å². The minimum Gasteiger partial charge on any atom is -0.480 e. The maximum Gasteiger partial charge on any atom is 0.316 e. The standard InChI is InChI=1S/C21H19NO2S/c23-20(24)19(25)15-21(16-7-3-1-4-8-16,17-9-5-2-6-10-17)18-11-13-22-14-12-18/h1-14,19,25H,15H2,(H,23,24). The zero-order valence-electron chi connectivity index (χ0n) is 13.6. The first-order valence-corrected chi connectivity index (χ1v) is 8.58. The van der Waals surface area contributed by atoms with E-state index in [-0.39, 0.29) is 0 Å². The van der Waals surface area contributed by atoms with Crippen LogP contribution in [0, 0.1) is 0 Å². The highest BCUT2D eigenvalue weighted by molar-refractivity contribution is 7.81. The molecule has 4 heteroatoms. The van der Waals surface area contributed by atoms with Gasteiger partial charge in [-0.1, -0.05) is 60.7 Å². The lowest BCUT2D eigenvalue weighted by atomic mass is 9.67. The van der Waals surface area contributed by atoms with E-state index in [0.717, 1.165) is 16.7 Å². The number of hydrogen-bond donors (Lipinski definition) is 2. The van der Waals surface area contributed by atoms with Crippen molar-refractivity contribution in [1.82, 2.24) is 4.98 Å². The van der Waals surface area contributed by atoms with Crippen molar-refractivity contribution in [3.05, 3.63) is 102 Å².